The fraction of sp³-hybridized carbons (Fsp3) is 0.500. The second-order valence-corrected chi connectivity index (χ2v) is 5.89. The van der Waals surface area contributed by atoms with Gasteiger partial charge in [-0.15, -0.1) is 0 Å². The second kappa shape index (κ2) is 8.35. The van der Waals surface area contributed by atoms with Crippen LogP contribution in [0.25, 0.3) is 0 Å². The van der Waals surface area contributed by atoms with Crippen LogP contribution >= 0.6 is 12.2 Å². The van der Waals surface area contributed by atoms with Gasteiger partial charge in [-0.05, 0) is 30.9 Å². The van der Waals surface area contributed by atoms with Gasteiger partial charge in [-0.2, -0.15) is 0 Å². The van der Waals surface area contributed by atoms with Gasteiger partial charge >= 0.3 is 0 Å². The van der Waals surface area contributed by atoms with Crippen molar-refractivity contribution in [3.63, 3.8) is 0 Å². The summed E-state index contributed by atoms with van der Waals surface area (Å²) >= 11 is 5.61. The number of hydrogen-bond donors (Lipinski definition) is 4. The lowest BCUT2D eigenvalue weighted by Gasteiger charge is -2.39. The number of aliphatic hydroxyl groups is 2. The quantitative estimate of drug-likeness (QED) is 0.433. The minimum absolute atomic E-state index is 0.0106. The van der Waals surface area contributed by atoms with Gasteiger partial charge in [-0.25, -0.2) is 0 Å². The molecule has 1 aliphatic carbocycles. The van der Waals surface area contributed by atoms with Crippen molar-refractivity contribution in [1.29, 1.82) is 0 Å². The van der Waals surface area contributed by atoms with E-state index >= 15 is 0 Å². The Hall–Kier alpha value is -1.54. The number of nitrogens with one attached hydrogen (secondary N) is 2. The summed E-state index contributed by atoms with van der Waals surface area (Å²) in [6.07, 6.45) is 7.44. The standard InChI is InChI=1S/C16H23N3O3S/c1-17-15(23)16(12-5-4-8-18-9-12)7-3-2-6-14(16)19-22-11-13(21)10-20/h4-6,8-9,13,19-21H,2-3,7,10-11H2,1H3,(H,17,23). The Morgan fingerprint density at radius 3 is 3.04 bits per heavy atom. The maximum Gasteiger partial charge on any atom is 0.103 e. The molecular weight excluding hydrogens is 314 g/mol. The number of allylic oxidation sites excluding steroid dienone is 1. The summed E-state index contributed by atoms with van der Waals surface area (Å²) < 4.78 is 0. The molecule has 0 fully saturated rings. The lowest BCUT2D eigenvalue weighted by atomic mass is 9.71. The van der Waals surface area contributed by atoms with Crippen molar-refractivity contribution in [2.75, 3.05) is 20.3 Å². The number of pyridine rings is 1. The van der Waals surface area contributed by atoms with Crippen LogP contribution in [-0.4, -0.2) is 46.6 Å². The zero-order valence-corrected chi connectivity index (χ0v) is 14.0. The van der Waals surface area contributed by atoms with Crippen molar-refractivity contribution in [2.45, 2.75) is 30.8 Å². The molecule has 2 rings (SSSR count). The third-order valence-corrected chi connectivity index (χ3v) is 4.55. The van der Waals surface area contributed by atoms with E-state index in [-0.39, 0.29) is 13.2 Å². The average molecular weight is 337 g/mol. The molecule has 0 bridgehead atoms. The van der Waals surface area contributed by atoms with Crippen molar-refractivity contribution < 1.29 is 15.1 Å². The summed E-state index contributed by atoms with van der Waals surface area (Å²) in [6.45, 7) is -0.354. The first-order chi connectivity index (χ1) is 11.1. The van der Waals surface area contributed by atoms with Gasteiger partial charge in [0.1, 0.15) is 12.7 Å². The highest BCUT2D eigenvalue weighted by molar-refractivity contribution is 7.80. The van der Waals surface area contributed by atoms with Crippen LogP contribution in [0.2, 0.25) is 0 Å². The summed E-state index contributed by atoms with van der Waals surface area (Å²) in [6, 6.07) is 3.89. The number of likely N-dealkylation sites (N-methyl/N-ethyl adjacent to an activating group) is 1. The molecule has 2 atom stereocenters. The van der Waals surface area contributed by atoms with Crippen molar-refractivity contribution in [3.8, 4) is 0 Å². The first-order valence-electron chi connectivity index (χ1n) is 7.65. The monoisotopic (exact) mass is 337 g/mol. The van der Waals surface area contributed by atoms with E-state index < -0.39 is 11.5 Å². The Morgan fingerprint density at radius 2 is 2.39 bits per heavy atom. The van der Waals surface area contributed by atoms with Gasteiger partial charge in [-0.3, -0.25) is 15.3 Å². The molecule has 0 aliphatic heterocycles. The Labute approximate surface area is 141 Å². The number of aliphatic hydroxyl groups excluding tert-OH is 2. The summed E-state index contributed by atoms with van der Waals surface area (Å²) in [7, 11) is 1.81. The molecule has 0 spiro atoms. The van der Waals surface area contributed by atoms with Crippen LogP contribution in [0.3, 0.4) is 0 Å². The van der Waals surface area contributed by atoms with Crippen LogP contribution in [0.5, 0.6) is 0 Å². The fourth-order valence-corrected chi connectivity index (χ4v) is 3.14. The highest BCUT2D eigenvalue weighted by atomic mass is 32.1. The molecule has 0 saturated heterocycles. The predicted molar refractivity (Wildman–Crippen MR) is 91.7 cm³/mol. The molecule has 0 saturated carbocycles. The lowest BCUT2D eigenvalue weighted by molar-refractivity contribution is -0.0296. The first-order valence-corrected chi connectivity index (χ1v) is 8.06. The highest BCUT2D eigenvalue weighted by Gasteiger charge is 2.42. The third kappa shape index (κ3) is 3.87. The number of hydrogen-bond acceptors (Lipinski definition) is 6. The minimum Gasteiger partial charge on any atom is -0.394 e. The number of nitrogens with zero attached hydrogens (tertiary/aromatic N) is 1. The van der Waals surface area contributed by atoms with Crippen LogP contribution in [-0.2, 0) is 10.3 Å². The van der Waals surface area contributed by atoms with Crippen LogP contribution in [0.1, 0.15) is 24.8 Å². The zero-order valence-electron chi connectivity index (χ0n) is 13.2. The van der Waals surface area contributed by atoms with Crippen LogP contribution in [0, 0.1) is 0 Å². The first kappa shape index (κ1) is 17.8. The molecule has 1 aliphatic rings. The molecule has 126 valence electrons. The number of rotatable bonds is 7. The fourth-order valence-electron chi connectivity index (χ4n) is 2.82. The van der Waals surface area contributed by atoms with E-state index in [1.165, 1.54) is 0 Å². The van der Waals surface area contributed by atoms with E-state index in [4.69, 9.17) is 22.2 Å². The Bertz CT molecular complexity index is 553. The van der Waals surface area contributed by atoms with E-state index in [1.54, 1.807) is 6.20 Å². The molecule has 0 aromatic carbocycles. The van der Waals surface area contributed by atoms with Crippen LogP contribution in [0.15, 0.2) is 36.3 Å². The Kier molecular flexibility index (Phi) is 6.47. The summed E-state index contributed by atoms with van der Waals surface area (Å²) in [5.41, 5.74) is 4.22. The molecule has 1 aromatic heterocycles. The summed E-state index contributed by atoms with van der Waals surface area (Å²) in [5, 5.41) is 21.4. The van der Waals surface area contributed by atoms with Crippen LogP contribution < -0.4 is 10.8 Å². The molecule has 2 unspecified atom stereocenters. The maximum absolute atomic E-state index is 9.41. The van der Waals surface area contributed by atoms with Gasteiger partial charge in [0.15, 0.2) is 0 Å². The normalized spacial score (nSPS) is 22.1. The van der Waals surface area contributed by atoms with Gasteiger partial charge in [-0.1, -0.05) is 24.4 Å². The molecule has 1 heterocycles. The van der Waals surface area contributed by atoms with Gasteiger partial charge in [0.25, 0.3) is 0 Å². The van der Waals surface area contributed by atoms with Crippen molar-refractivity contribution in [1.82, 2.24) is 15.8 Å². The summed E-state index contributed by atoms with van der Waals surface area (Å²) in [4.78, 5) is 10.3. The predicted octanol–water partition coefficient (Wildman–Crippen LogP) is 0.808. The molecule has 0 amide bonds. The molecule has 7 heteroatoms. The van der Waals surface area contributed by atoms with E-state index in [9.17, 15) is 5.11 Å². The second-order valence-electron chi connectivity index (χ2n) is 5.49. The molecule has 6 nitrogen and oxygen atoms in total. The Morgan fingerprint density at radius 1 is 1.57 bits per heavy atom. The largest absolute Gasteiger partial charge is 0.394 e. The van der Waals surface area contributed by atoms with Gasteiger partial charge in [0.2, 0.25) is 0 Å². The minimum atomic E-state index is -0.921. The number of aromatic nitrogens is 1. The molecule has 4 N–H and O–H groups in total. The van der Waals surface area contributed by atoms with Crippen molar-refractivity contribution in [3.05, 3.63) is 41.9 Å². The average Bonchev–Trinajstić information content (AvgIpc) is 2.62. The maximum atomic E-state index is 9.41. The Balaban J connectivity index is 2.29. The van der Waals surface area contributed by atoms with E-state index in [1.807, 2.05) is 25.4 Å². The van der Waals surface area contributed by atoms with E-state index in [2.05, 4.69) is 21.9 Å². The highest BCUT2D eigenvalue weighted by Crippen LogP contribution is 2.40. The molecule has 1 aromatic rings. The third-order valence-electron chi connectivity index (χ3n) is 4.00. The van der Waals surface area contributed by atoms with E-state index in [0.717, 1.165) is 30.5 Å². The molecule has 0 radical (unpaired) electrons. The smallest absolute Gasteiger partial charge is 0.103 e. The van der Waals surface area contributed by atoms with Crippen molar-refractivity contribution >= 4 is 17.2 Å². The number of thiocarbonyl (C=S) groups is 1. The molecule has 23 heavy (non-hydrogen) atoms. The van der Waals surface area contributed by atoms with Crippen LogP contribution in [0.4, 0.5) is 0 Å². The summed E-state index contributed by atoms with van der Waals surface area (Å²) in [5.74, 6) is 0. The molecular formula is C16H23N3O3S. The van der Waals surface area contributed by atoms with Gasteiger partial charge in [0.05, 0.1) is 22.7 Å². The number of hydroxylamine groups is 1. The van der Waals surface area contributed by atoms with Gasteiger partial charge in [0, 0.05) is 19.4 Å². The van der Waals surface area contributed by atoms with E-state index in [0.29, 0.717) is 4.99 Å². The SMILES string of the molecule is CNC(=S)C1(c2cccnc2)CCCC=C1NOCC(O)CO. The zero-order chi connectivity index (χ0) is 16.7. The lowest BCUT2D eigenvalue weighted by Crippen LogP contribution is -2.48. The van der Waals surface area contributed by atoms with Crippen molar-refractivity contribution in [2.24, 2.45) is 0 Å². The topological polar surface area (TPSA) is 86.6 Å². The van der Waals surface area contributed by atoms with Gasteiger partial charge < -0.3 is 15.5 Å².